The number of aryl methyl sites for hydroxylation is 2. The Morgan fingerprint density at radius 3 is 2.88 bits per heavy atom. The minimum absolute atomic E-state index is 0.0637. The standard InChI is InChI=1S/C19H24N4O3/c24-17-9-13-22(19(26)21-17)14-10-18(25)23-12-4-2-6-16(23)8-7-15-5-1-3-11-20-15/h1,3,5,9,11,13,16H,2,4,6-8,10,12,14H2,(H,21,24,26)/t16-/m1/s1. The number of hydrogen-bond donors (Lipinski definition) is 1. The molecule has 0 bridgehead atoms. The molecule has 1 amide bonds. The maximum atomic E-state index is 12.7. The number of carbonyl (C=O) groups is 1. The fourth-order valence-corrected chi connectivity index (χ4v) is 3.47. The molecule has 1 N–H and O–H groups in total. The number of aromatic amines is 1. The normalized spacial score (nSPS) is 17.2. The lowest BCUT2D eigenvalue weighted by Gasteiger charge is -2.36. The van der Waals surface area contributed by atoms with E-state index in [4.69, 9.17) is 0 Å². The van der Waals surface area contributed by atoms with Crippen molar-refractivity contribution in [3.05, 3.63) is 63.2 Å². The van der Waals surface area contributed by atoms with Gasteiger partial charge in [-0.3, -0.25) is 19.6 Å². The molecule has 0 saturated carbocycles. The van der Waals surface area contributed by atoms with Gasteiger partial charge >= 0.3 is 5.69 Å². The van der Waals surface area contributed by atoms with E-state index in [1.807, 2.05) is 23.1 Å². The first-order chi connectivity index (χ1) is 12.6. The quantitative estimate of drug-likeness (QED) is 0.846. The van der Waals surface area contributed by atoms with E-state index in [0.29, 0.717) is 0 Å². The van der Waals surface area contributed by atoms with Crippen molar-refractivity contribution < 1.29 is 4.79 Å². The third-order valence-electron chi connectivity index (χ3n) is 4.87. The second-order valence-corrected chi connectivity index (χ2v) is 6.65. The zero-order chi connectivity index (χ0) is 18.4. The van der Waals surface area contributed by atoms with E-state index < -0.39 is 11.2 Å². The number of likely N-dealkylation sites (tertiary alicyclic amines) is 1. The molecule has 1 saturated heterocycles. The second kappa shape index (κ2) is 8.60. The molecule has 0 unspecified atom stereocenters. The Hall–Kier alpha value is -2.70. The van der Waals surface area contributed by atoms with E-state index in [1.54, 1.807) is 6.20 Å². The van der Waals surface area contributed by atoms with Crippen LogP contribution in [0.2, 0.25) is 0 Å². The molecule has 1 fully saturated rings. The summed E-state index contributed by atoms with van der Waals surface area (Å²) in [5, 5.41) is 0. The van der Waals surface area contributed by atoms with E-state index in [0.717, 1.165) is 44.3 Å². The van der Waals surface area contributed by atoms with E-state index >= 15 is 0 Å². The molecule has 3 rings (SSSR count). The van der Waals surface area contributed by atoms with Crippen molar-refractivity contribution in [3.8, 4) is 0 Å². The third kappa shape index (κ3) is 4.68. The molecule has 7 heteroatoms. The molecule has 26 heavy (non-hydrogen) atoms. The Kier molecular flexibility index (Phi) is 5.99. The number of H-pyrrole nitrogens is 1. The lowest BCUT2D eigenvalue weighted by molar-refractivity contribution is -0.135. The van der Waals surface area contributed by atoms with Gasteiger partial charge in [0, 0.05) is 49.7 Å². The number of rotatable bonds is 6. The highest BCUT2D eigenvalue weighted by molar-refractivity contribution is 5.76. The van der Waals surface area contributed by atoms with Crippen LogP contribution in [0.4, 0.5) is 0 Å². The van der Waals surface area contributed by atoms with Crippen LogP contribution in [0, 0.1) is 0 Å². The molecule has 0 radical (unpaired) electrons. The van der Waals surface area contributed by atoms with E-state index in [1.165, 1.54) is 16.8 Å². The van der Waals surface area contributed by atoms with Gasteiger partial charge in [-0.25, -0.2) is 4.79 Å². The molecule has 7 nitrogen and oxygen atoms in total. The summed E-state index contributed by atoms with van der Waals surface area (Å²) >= 11 is 0. The first kappa shape index (κ1) is 18.1. The van der Waals surface area contributed by atoms with Crippen LogP contribution >= 0.6 is 0 Å². The van der Waals surface area contributed by atoms with Gasteiger partial charge < -0.3 is 9.47 Å². The predicted molar refractivity (Wildman–Crippen MR) is 97.8 cm³/mol. The molecule has 2 aromatic rings. The molecule has 0 aliphatic carbocycles. The Bertz CT molecular complexity index is 844. The number of amides is 1. The van der Waals surface area contributed by atoms with Gasteiger partial charge in [-0.2, -0.15) is 0 Å². The fraction of sp³-hybridized carbons (Fsp3) is 0.474. The van der Waals surface area contributed by atoms with Crippen LogP contribution in [-0.2, 0) is 17.8 Å². The highest BCUT2D eigenvalue weighted by atomic mass is 16.2. The summed E-state index contributed by atoms with van der Waals surface area (Å²) in [6, 6.07) is 7.41. The Balaban J connectivity index is 1.58. The SMILES string of the molecule is O=C(CCn1ccc(=O)[nH]c1=O)N1CCCC[C@@H]1CCc1ccccn1. The van der Waals surface area contributed by atoms with Crippen molar-refractivity contribution in [1.82, 2.24) is 19.4 Å². The molecular formula is C19H24N4O3. The largest absolute Gasteiger partial charge is 0.340 e. The second-order valence-electron chi connectivity index (χ2n) is 6.65. The van der Waals surface area contributed by atoms with E-state index in [9.17, 15) is 14.4 Å². The Morgan fingerprint density at radius 1 is 1.23 bits per heavy atom. The third-order valence-corrected chi connectivity index (χ3v) is 4.87. The molecule has 1 aliphatic heterocycles. The smallest absolute Gasteiger partial charge is 0.328 e. The molecule has 0 aromatic carbocycles. The maximum Gasteiger partial charge on any atom is 0.328 e. The van der Waals surface area contributed by atoms with Gasteiger partial charge in [0.15, 0.2) is 0 Å². The van der Waals surface area contributed by atoms with Crippen molar-refractivity contribution in [2.75, 3.05) is 6.54 Å². The molecule has 3 heterocycles. The molecule has 0 spiro atoms. The summed E-state index contributed by atoms with van der Waals surface area (Å²) in [6.07, 6.45) is 8.41. The zero-order valence-corrected chi connectivity index (χ0v) is 14.8. The summed E-state index contributed by atoms with van der Waals surface area (Å²) < 4.78 is 1.37. The van der Waals surface area contributed by atoms with Gasteiger partial charge in [0.1, 0.15) is 0 Å². The van der Waals surface area contributed by atoms with Crippen LogP contribution in [0.25, 0.3) is 0 Å². The number of pyridine rings is 1. The monoisotopic (exact) mass is 356 g/mol. The lowest BCUT2D eigenvalue weighted by Crippen LogP contribution is -2.44. The number of carbonyl (C=O) groups excluding carboxylic acids is 1. The summed E-state index contributed by atoms with van der Waals surface area (Å²) in [7, 11) is 0. The number of nitrogens with one attached hydrogen (secondary N) is 1. The van der Waals surface area contributed by atoms with Gasteiger partial charge in [-0.1, -0.05) is 6.07 Å². The minimum atomic E-state index is -0.476. The van der Waals surface area contributed by atoms with Gasteiger partial charge in [0.25, 0.3) is 5.56 Å². The zero-order valence-electron chi connectivity index (χ0n) is 14.8. The molecule has 2 aromatic heterocycles. The van der Waals surface area contributed by atoms with Crippen LogP contribution in [0.5, 0.6) is 0 Å². The van der Waals surface area contributed by atoms with Gasteiger partial charge in [-0.15, -0.1) is 0 Å². The Morgan fingerprint density at radius 2 is 2.12 bits per heavy atom. The average molecular weight is 356 g/mol. The number of nitrogens with zero attached hydrogens (tertiary/aromatic N) is 3. The maximum absolute atomic E-state index is 12.7. The number of hydrogen-bond acceptors (Lipinski definition) is 4. The molecule has 1 aliphatic rings. The highest BCUT2D eigenvalue weighted by Gasteiger charge is 2.26. The summed E-state index contributed by atoms with van der Waals surface area (Å²) in [6.45, 7) is 1.05. The van der Waals surface area contributed by atoms with Crippen LogP contribution < -0.4 is 11.2 Å². The van der Waals surface area contributed by atoms with Crippen molar-refractivity contribution in [2.45, 2.75) is 51.1 Å². The number of aromatic nitrogens is 3. The molecule has 1 atom stereocenters. The summed E-state index contributed by atoms with van der Waals surface area (Å²) in [5.41, 5.74) is 0.143. The first-order valence-electron chi connectivity index (χ1n) is 9.12. The van der Waals surface area contributed by atoms with Crippen molar-refractivity contribution in [1.29, 1.82) is 0 Å². The van der Waals surface area contributed by atoms with E-state index in [2.05, 4.69) is 9.97 Å². The fourth-order valence-electron chi connectivity index (χ4n) is 3.47. The van der Waals surface area contributed by atoms with Gasteiger partial charge in [0.05, 0.1) is 0 Å². The summed E-state index contributed by atoms with van der Waals surface area (Å²) in [4.78, 5) is 44.1. The molecular weight excluding hydrogens is 332 g/mol. The van der Waals surface area contributed by atoms with Crippen LogP contribution in [0.3, 0.4) is 0 Å². The van der Waals surface area contributed by atoms with Gasteiger partial charge in [-0.05, 0) is 44.2 Å². The Labute approximate surface area is 151 Å². The van der Waals surface area contributed by atoms with Gasteiger partial charge in [0.2, 0.25) is 5.91 Å². The predicted octanol–water partition coefficient (Wildman–Crippen LogP) is 1.34. The van der Waals surface area contributed by atoms with Crippen molar-refractivity contribution in [2.24, 2.45) is 0 Å². The number of piperidine rings is 1. The summed E-state index contributed by atoms with van der Waals surface area (Å²) in [5.74, 6) is 0.0637. The van der Waals surface area contributed by atoms with Crippen LogP contribution in [0.1, 0.15) is 37.8 Å². The average Bonchev–Trinajstić information content (AvgIpc) is 2.66. The minimum Gasteiger partial charge on any atom is -0.340 e. The van der Waals surface area contributed by atoms with Crippen molar-refractivity contribution in [3.63, 3.8) is 0 Å². The lowest BCUT2D eigenvalue weighted by atomic mass is 9.96. The van der Waals surface area contributed by atoms with E-state index in [-0.39, 0.29) is 24.9 Å². The van der Waals surface area contributed by atoms with Crippen LogP contribution in [0.15, 0.2) is 46.2 Å². The van der Waals surface area contributed by atoms with Crippen molar-refractivity contribution >= 4 is 5.91 Å². The first-order valence-corrected chi connectivity index (χ1v) is 9.12. The van der Waals surface area contributed by atoms with Crippen LogP contribution in [-0.4, -0.2) is 37.9 Å². The highest BCUT2D eigenvalue weighted by Crippen LogP contribution is 2.22. The topological polar surface area (TPSA) is 88.1 Å². The molecule has 138 valence electrons.